The van der Waals surface area contributed by atoms with E-state index in [2.05, 4.69) is 132 Å². The van der Waals surface area contributed by atoms with E-state index < -0.39 is 0 Å². The van der Waals surface area contributed by atoms with Crippen molar-refractivity contribution in [2.45, 2.75) is 83.3 Å². The standard InChI is InChI=1S/C39H50N2/c1-6-20-35(21-7-1)26-14-5-19-33-41(34-38-29-12-4-13-30-38)39(31-16-15-27-36-22-8-2-9-23-36)40-32-18-17-28-37-24-10-3-11-25-37/h1-4,6-13,20-25,29-30,39-40H,5,14-19,26-28,31-34H2. The summed E-state index contributed by atoms with van der Waals surface area (Å²) in [5.41, 5.74) is 5.78. The molecular formula is C39H50N2. The fraction of sp³-hybridized carbons (Fsp3) is 0.385. The van der Waals surface area contributed by atoms with E-state index in [1.165, 1.54) is 92.9 Å². The molecule has 4 aromatic rings. The molecule has 0 saturated carbocycles. The smallest absolute Gasteiger partial charge is 0.0600 e. The molecule has 0 aromatic heterocycles. The predicted molar refractivity (Wildman–Crippen MR) is 176 cm³/mol. The van der Waals surface area contributed by atoms with Gasteiger partial charge in [0.1, 0.15) is 0 Å². The highest BCUT2D eigenvalue weighted by atomic mass is 15.3. The molecule has 2 heteroatoms. The summed E-state index contributed by atoms with van der Waals surface area (Å²) in [5, 5.41) is 4.02. The lowest BCUT2D eigenvalue weighted by Gasteiger charge is -2.33. The van der Waals surface area contributed by atoms with Crippen molar-refractivity contribution in [1.82, 2.24) is 10.2 Å². The number of hydrogen-bond donors (Lipinski definition) is 1. The van der Waals surface area contributed by atoms with E-state index in [0.717, 1.165) is 19.6 Å². The van der Waals surface area contributed by atoms with Crippen LogP contribution in [0.3, 0.4) is 0 Å². The molecule has 0 aliphatic rings. The van der Waals surface area contributed by atoms with E-state index in [1.54, 1.807) is 0 Å². The Morgan fingerprint density at radius 2 is 0.878 bits per heavy atom. The zero-order valence-electron chi connectivity index (χ0n) is 25.0. The van der Waals surface area contributed by atoms with Crippen molar-refractivity contribution < 1.29 is 0 Å². The molecule has 41 heavy (non-hydrogen) atoms. The minimum Gasteiger partial charge on any atom is -0.302 e. The summed E-state index contributed by atoms with van der Waals surface area (Å²) >= 11 is 0. The summed E-state index contributed by atoms with van der Waals surface area (Å²) < 4.78 is 0. The van der Waals surface area contributed by atoms with Gasteiger partial charge in [-0.1, -0.05) is 134 Å². The SMILES string of the molecule is c1ccc(CCCCCN(Cc2ccccc2)C(CCCCc2ccccc2)NCCCCc2ccccc2)cc1. The average molecular weight is 547 g/mol. The highest BCUT2D eigenvalue weighted by molar-refractivity contribution is 5.17. The Labute approximate surface area is 249 Å². The Balaban J connectivity index is 1.31. The first-order valence-corrected chi connectivity index (χ1v) is 16.0. The second kappa shape index (κ2) is 19.0. The van der Waals surface area contributed by atoms with Crippen LogP contribution in [-0.2, 0) is 25.8 Å². The minimum atomic E-state index is 0.414. The maximum absolute atomic E-state index is 4.02. The summed E-state index contributed by atoms with van der Waals surface area (Å²) in [4.78, 5) is 2.73. The van der Waals surface area contributed by atoms with E-state index >= 15 is 0 Å². The second-order valence-corrected chi connectivity index (χ2v) is 11.4. The van der Waals surface area contributed by atoms with Gasteiger partial charge in [0.05, 0.1) is 6.17 Å². The molecule has 0 aliphatic heterocycles. The number of nitrogens with one attached hydrogen (secondary N) is 1. The van der Waals surface area contributed by atoms with Gasteiger partial charge in [-0.05, 0) is 93.1 Å². The highest BCUT2D eigenvalue weighted by Gasteiger charge is 2.18. The molecule has 4 aromatic carbocycles. The van der Waals surface area contributed by atoms with Gasteiger partial charge in [-0.15, -0.1) is 0 Å². The van der Waals surface area contributed by atoms with E-state index in [4.69, 9.17) is 0 Å². The number of unbranched alkanes of at least 4 members (excludes halogenated alkanes) is 4. The van der Waals surface area contributed by atoms with Crippen LogP contribution in [0.25, 0.3) is 0 Å². The lowest BCUT2D eigenvalue weighted by Crippen LogP contribution is -2.46. The molecule has 0 heterocycles. The molecule has 0 aliphatic carbocycles. The zero-order valence-corrected chi connectivity index (χ0v) is 25.0. The van der Waals surface area contributed by atoms with Gasteiger partial charge in [0.15, 0.2) is 0 Å². The molecule has 1 unspecified atom stereocenters. The molecule has 0 saturated heterocycles. The fourth-order valence-electron chi connectivity index (χ4n) is 5.72. The molecule has 0 radical (unpaired) electrons. The van der Waals surface area contributed by atoms with Crippen molar-refractivity contribution in [2.75, 3.05) is 13.1 Å². The maximum atomic E-state index is 4.02. The van der Waals surface area contributed by atoms with E-state index in [-0.39, 0.29) is 0 Å². The molecule has 0 fully saturated rings. The number of hydrogen-bond acceptors (Lipinski definition) is 2. The number of aryl methyl sites for hydroxylation is 3. The second-order valence-electron chi connectivity index (χ2n) is 11.4. The van der Waals surface area contributed by atoms with Crippen LogP contribution in [0.4, 0.5) is 0 Å². The zero-order chi connectivity index (χ0) is 28.2. The molecule has 4 rings (SSSR count). The summed E-state index contributed by atoms with van der Waals surface area (Å²) in [5.74, 6) is 0. The van der Waals surface area contributed by atoms with Crippen LogP contribution in [0.5, 0.6) is 0 Å². The van der Waals surface area contributed by atoms with Crippen LogP contribution in [0.2, 0.25) is 0 Å². The van der Waals surface area contributed by atoms with Crippen molar-refractivity contribution in [3.63, 3.8) is 0 Å². The number of nitrogens with zero attached hydrogens (tertiary/aromatic N) is 1. The average Bonchev–Trinajstić information content (AvgIpc) is 3.03. The normalized spacial score (nSPS) is 12.0. The summed E-state index contributed by atoms with van der Waals surface area (Å²) in [7, 11) is 0. The minimum absolute atomic E-state index is 0.414. The van der Waals surface area contributed by atoms with Crippen molar-refractivity contribution in [3.8, 4) is 0 Å². The highest BCUT2D eigenvalue weighted by Crippen LogP contribution is 2.16. The molecular weight excluding hydrogens is 496 g/mol. The Morgan fingerprint density at radius 1 is 0.439 bits per heavy atom. The molecule has 0 spiro atoms. The summed E-state index contributed by atoms with van der Waals surface area (Å²) in [6, 6.07) is 43.9. The fourth-order valence-corrected chi connectivity index (χ4v) is 5.72. The van der Waals surface area contributed by atoms with Gasteiger partial charge >= 0.3 is 0 Å². The van der Waals surface area contributed by atoms with Gasteiger partial charge < -0.3 is 5.32 Å². The van der Waals surface area contributed by atoms with Crippen LogP contribution in [0, 0.1) is 0 Å². The van der Waals surface area contributed by atoms with Crippen molar-refractivity contribution >= 4 is 0 Å². The van der Waals surface area contributed by atoms with Crippen molar-refractivity contribution in [1.29, 1.82) is 0 Å². The van der Waals surface area contributed by atoms with E-state index in [9.17, 15) is 0 Å². The Hall–Kier alpha value is -3.20. The summed E-state index contributed by atoms with van der Waals surface area (Å²) in [6.07, 6.45) is 13.8. The Bertz CT molecular complexity index is 1160. The first kappa shape index (κ1) is 30.8. The number of benzene rings is 4. The van der Waals surface area contributed by atoms with Gasteiger partial charge in [-0.2, -0.15) is 0 Å². The van der Waals surface area contributed by atoms with E-state index in [0.29, 0.717) is 6.17 Å². The first-order chi connectivity index (χ1) is 20.4. The van der Waals surface area contributed by atoms with Crippen LogP contribution in [0.1, 0.15) is 73.6 Å². The largest absolute Gasteiger partial charge is 0.302 e. The van der Waals surface area contributed by atoms with Crippen LogP contribution >= 0.6 is 0 Å². The van der Waals surface area contributed by atoms with Crippen LogP contribution in [0.15, 0.2) is 121 Å². The lowest BCUT2D eigenvalue weighted by molar-refractivity contribution is 0.141. The first-order valence-electron chi connectivity index (χ1n) is 16.0. The molecule has 1 N–H and O–H groups in total. The molecule has 0 amide bonds. The third-order valence-corrected chi connectivity index (χ3v) is 8.07. The third kappa shape index (κ3) is 12.5. The molecule has 216 valence electrons. The van der Waals surface area contributed by atoms with Crippen LogP contribution < -0.4 is 5.32 Å². The quantitative estimate of drug-likeness (QED) is 0.0878. The van der Waals surface area contributed by atoms with Crippen LogP contribution in [-0.4, -0.2) is 24.2 Å². The van der Waals surface area contributed by atoms with Crippen molar-refractivity contribution in [2.24, 2.45) is 0 Å². The third-order valence-electron chi connectivity index (χ3n) is 8.07. The predicted octanol–water partition coefficient (Wildman–Crippen LogP) is 9.25. The maximum Gasteiger partial charge on any atom is 0.0600 e. The topological polar surface area (TPSA) is 15.3 Å². The molecule has 2 nitrogen and oxygen atoms in total. The lowest BCUT2D eigenvalue weighted by atomic mass is 10.0. The van der Waals surface area contributed by atoms with Gasteiger partial charge in [0.2, 0.25) is 0 Å². The van der Waals surface area contributed by atoms with Gasteiger partial charge in [0, 0.05) is 6.54 Å². The van der Waals surface area contributed by atoms with E-state index in [1.807, 2.05) is 0 Å². The van der Waals surface area contributed by atoms with Gasteiger partial charge in [0.25, 0.3) is 0 Å². The Morgan fingerprint density at radius 3 is 1.39 bits per heavy atom. The van der Waals surface area contributed by atoms with Gasteiger partial charge in [-0.25, -0.2) is 0 Å². The molecule has 0 bridgehead atoms. The van der Waals surface area contributed by atoms with Gasteiger partial charge in [-0.3, -0.25) is 4.90 Å². The monoisotopic (exact) mass is 546 g/mol. The molecule has 1 atom stereocenters. The Kier molecular flexibility index (Phi) is 14.3. The summed E-state index contributed by atoms with van der Waals surface area (Å²) in [6.45, 7) is 3.24. The van der Waals surface area contributed by atoms with Crippen molar-refractivity contribution in [3.05, 3.63) is 144 Å². The number of rotatable bonds is 20.